The number of ether oxygens (including phenoxy) is 1. The number of amides is 1. The van der Waals surface area contributed by atoms with Crippen molar-refractivity contribution in [3.63, 3.8) is 0 Å². The number of benzene rings is 4. The first kappa shape index (κ1) is 28.2. The minimum Gasteiger partial charge on any atom is -0.489 e. The summed E-state index contributed by atoms with van der Waals surface area (Å²) in [5.74, 6) is 0.0536. The molecule has 7 nitrogen and oxygen atoms in total. The SMILES string of the molecule is Cc1cc(Cl)ccc1N(CC(=O)N/N=C/c1ccc(OCc2cccc(Cl)c2)cc1)S(=O)(=O)c1ccccc1. The highest BCUT2D eigenvalue weighted by Gasteiger charge is 2.28. The summed E-state index contributed by atoms with van der Waals surface area (Å²) in [6.07, 6.45) is 1.46. The van der Waals surface area contributed by atoms with E-state index in [0.29, 0.717) is 39.2 Å². The molecule has 0 heterocycles. The van der Waals surface area contributed by atoms with Crippen LogP contribution >= 0.6 is 23.2 Å². The number of sulfonamides is 1. The Bertz CT molecular complexity index is 1580. The average molecular weight is 583 g/mol. The van der Waals surface area contributed by atoms with E-state index in [0.717, 1.165) is 9.87 Å². The van der Waals surface area contributed by atoms with E-state index in [2.05, 4.69) is 10.5 Å². The Kier molecular flexibility index (Phi) is 9.24. The van der Waals surface area contributed by atoms with Gasteiger partial charge in [-0.1, -0.05) is 53.5 Å². The molecule has 10 heteroatoms. The molecule has 4 rings (SSSR count). The van der Waals surface area contributed by atoms with Crippen molar-refractivity contribution in [3.05, 3.63) is 124 Å². The van der Waals surface area contributed by atoms with Crippen LogP contribution in [0.4, 0.5) is 5.69 Å². The minimum absolute atomic E-state index is 0.0633. The van der Waals surface area contributed by atoms with Gasteiger partial charge in [0.05, 0.1) is 16.8 Å². The second-order valence-corrected chi connectivity index (χ2v) is 11.3. The number of rotatable bonds is 10. The average Bonchev–Trinajstić information content (AvgIpc) is 2.92. The minimum atomic E-state index is -4.04. The Morgan fingerprint density at radius 3 is 2.33 bits per heavy atom. The third-order valence-corrected chi connectivity index (χ3v) is 7.87. The first-order chi connectivity index (χ1) is 18.7. The van der Waals surface area contributed by atoms with Crippen molar-refractivity contribution in [1.29, 1.82) is 0 Å². The van der Waals surface area contributed by atoms with Gasteiger partial charge in [-0.15, -0.1) is 0 Å². The summed E-state index contributed by atoms with van der Waals surface area (Å²) in [6.45, 7) is 1.63. The zero-order chi connectivity index (χ0) is 27.8. The first-order valence-corrected chi connectivity index (χ1v) is 14.0. The maximum atomic E-state index is 13.4. The van der Waals surface area contributed by atoms with Gasteiger partial charge >= 0.3 is 0 Å². The van der Waals surface area contributed by atoms with Crippen LogP contribution < -0.4 is 14.5 Å². The number of aryl methyl sites for hydroxylation is 1. The number of hydrogen-bond donors (Lipinski definition) is 1. The first-order valence-electron chi connectivity index (χ1n) is 11.9. The van der Waals surface area contributed by atoms with Crippen LogP contribution in [-0.2, 0) is 21.4 Å². The lowest BCUT2D eigenvalue weighted by atomic mass is 10.2. The quantitative estimate of drug-likeness (QED) is 0.178. The maximum Gasteiger partial charge on any atom is 0.264 e. The number of nitrogens with zero attached hydrogens (tertiary/aromatic N) is 2. The summed E-state index contributed by atoms with van der Waals surface area (Å²) in [5, 5.41) is 5.10. The highest BCUT2D eigenvalue weighted by molar-refractivity contribution is 7.92. The predicted molar refractivity (Wildman–Crippen MR) is 155 cm³/mol. The zero-order valence-corrected chi connectivity index (χ0v) is 23.2. The molecule has 1 amide bonds. The molecule has 0 fully saturated rings. The van der Waals surface area contributed by atoms with Crippen molar-refractivity contribution < 1.29 is 17.9 Å². The molecule has 0 radical (unpaired) electrons. The molecule has 4 aromatic rings. The second-order valence-electron chi connectivity index (χ2n) is 8.54. The predicted octanol–water partition coefficient (Wildman–Crippen LogP) is 6.23. The normalized spacial score (nSPS) is 11.4. The number of hydrogen-bond acceptors (Lipinski definition) is 5. The monoisotopic (exact) mass is 581 g/mol. The van der Waals surface area contributed by atoms with Gasteiger partial charge in [-0.05, 0) is 90.3 Å². The van der Waals surface area contributed by atoms with Gasteiger partial charge in [-0.25, -0.2) is 13.8 Å². The van der Waals surface area contributed by atoms with E-state index in [4.69, 9.17) is 27.9 Å². The molecule has 0 saturated carbocycles. The highest BCUT2D eigenvalue weighted by atomic mass is 35.5. The Labute approximate surface area is 237 Å². The smallest absolute Gasteiger partial charge is 0.264 e. The lowest BCUT2D eigenvalue weighted by Crippen LogP contribution is -2.40. The van der Waals surface area contributed by atoms with Crippen molar-refractivity contribution in [2.45, 2.75) is 18.4 Å². The van der Waals surface area contributed by atoms with E-state index in [1.54, 1.807) is 73.7 Å². The second kappa shape index (κ2) is 12.8. The van der Waals surface area contributed by atoms with Crippen LogP contribution in [0.15, 0.2) is 107 Å². The summed E-state index contributed by atoms with van der Waals surface area (Å²) in [4.78, 5) is 12.8. The molecule has 0 aliphatic carbocycles. The molecular weight excluding hydrogens is 557 g/mol. The topological polar surface area (TPSA) is 88.1 Å². The standard InChI is InChI=1S/C29H25Cl2N3O4S/c1-21-16-25(31)12-15-28(21)34(39(36,37)27-8-3-2-4-9-27)19-29(35)33-32-18-22-10-13-26(14-11-22)38-20-23-6-5-7-24(30)17-23/h2-18H,19-20H2,1H3,(H,33,35)/b32-18+. The largest absolute Gasteiger partial charge is 0.489 e. The molecule has 0 aliphatic rings. The van der Waals surface area contributed by atoms with Crippen LogP contribution in [0, 0.1) is 6.92 Å². The molecule has 4 aromatic carbocycles. The molecule has 0 aromatic heterocycles. The summed E-state index contributed by atoms with van der Waals surface area (Å²) < 4.78 is 33.7. The van der Waals surface area contributed by atoms with E-state index in [1.165, 1.54) is 18.3 Å². The number of hydrazone groups is 1. The van der Waals surface area contributed by atoms with E-state index < -0.39 is 22.5 Å². The fourth-order valence-corrected chi connectivity index (χ4v) is 5.65. The number of nitrogens with one attached hydrogen (secondary N) is 1. The Hall–Kier alpha value is -3.85. The number of halogens is 2. The summed E-state index contributed by atoms with van der Waals surface area (Å²) in [5.41, 5.74) is 5.02. The van der Waals surface area contributed by atoms with Crippen molar-refractivity contribution in [2.75, 3.05) is 10.8 Å². The van der Waals surface area contributed by atoms with Gasteiger partial charge in [0.1, 0.15) is 18.9 Å². The van der Waals surface area contributed by atoms with Crippen LogP contribution in [0.3, 0.4) is 0 Å². The van der Waals surface area contributed by atoms with Gasteiger partial charge in [-0.3, -0.25) is 9.10 Å². The van der Waals surface area contributed by atoms with Gasteiger partial charge in [0.25, 0.3) is 15.9 Å². The zero-order valence-electron chi connectivity index (χ0n) is 20.9. The molecule has 0 bridgehead atoms. The van der Waals surface area contributed by atoms with Crippen LogP contribution in [0.5, 0.6) is 5.75 Å². The number of anilines is 1. The molecule has 0 aliphatic heterocycles. The molecule has 200 valence electrons. The molecular formula is C29H25Cl2N3O4S. The molecule has 0 atom stereocenters. The Morgan fingerprint density at radius 2 is 1.64 bits per heavy atom. The summed E-state index contributed by atoms with van der Waals surface area (Å²) in [7, 11) is -4.04. The van der Waals surface area contributed by atoms with Crippen LogP contribution in [0.1, 0.15) is 16.7 Å². The number of carbonyl (C=O) groups excluding carboxylic acids is 1. The Morgan fingerprint density at radius 1 is 0.923 bits per heavy atom. The van der Waals surface area contributed by atoms with Gasteiger partial charge in [0.2, 0.25) is 0 Å². The van der Waals surface area contributed by atoms with E-state index in [1.807, 2.05) is 18.2 Å². The molecule has 0 spiro atoms. The van der Waals surface area contributed by atoms with E-state index in [-0.39, 0.29) is 4.90 Å². The molecule has 0 saturated heterocycles. The molecule has 0 unspecified atom stereocenters. The van der Waals surface area contributed by atoms with Gasteiger partial charge in [0.15, 0.2) is 0 Å². The van der Waals surface area contributed by atoms with E-state index in [9.17, 15) is 13.2 Å². The lowest BCUT2D eigenvalue weighted by Gasteiger charge is -2.25. The van der Waals surface area contributed by atoms with Crippen molar-refractivity contribution >= 4 is 51.0 Å². The van der Waals surface area contributed by atoms with Crippen molar-refractivity contribution in [1.82, 2.24) is 5.43 Å². The third-order valence-electron chi connectivity index (χ3n) is 5.62. The van der Waals surface area contributed by atoms with Crippen LogP contribution in [0.25, 0.3) is 0 Å². The van der Waals surface area contributed by atoms with Crippen molar-refractivity contribution in [2.24, 2.45) is 5.10 Å². The highest BCUT2D eigenvalue weighted by Crippen LogP contribution is 2.28. The lowest BCUT2D eigenvalue weighted by molar-refractivity contribution is -0.119. The molecule has 39 heavy (non-hydrogen) atoms. The van der Waals surface area contributed by atoms with E-state index >= 15 is 0 Å². The fraction of sp³-hybridized carbons (Fsp3) is 0.103. The van der Waals surface area contributed by atoms with Gasteiger partial charge < -0.3 is 4.74 Å². The maximum absolute atomic E-state index is 13.4. The Balaban J connectivity index is 1.42. The third kappa shape index (κ3) is 7.60. The fourth-order valence-electron chi connectivity index (χ4n) is 3.71. The summed E-state index contributed by atoms with van der Waals surface area (Å²) in [6, 6.07) is 27.3. The molecule has 1 N–H and O–H groups in total. The van der Waals surface area contributed by atoms with Crippen LogP contribution in [-0.4, -0.2) is 27.1 Å². The van der Waals surface area contributed by atoms with Crippen LogP contribution in [0.2, 0.25) is 10.0 Å². The van der Waals surface area contributed by atoms with Gasteiger partial charge in [0, 0.05) is 10.0 Å². The van der Waals surface area contributed by atoms with Gasteiger partial charge in [-0.2, -0.15) is 5.10 Å². The van der Waals surface area contributed by atoms with Crippen molar-refractivity contribution in [3.8, 4) is 5.75 Å². The summed E-state index contributed by atoms with van der Waals surface area (Å²) >= 11 is 12.1. The number of carbonyl (C=O) groups is 1.